The van der Waals surface area contributed by atoms with Crippen molar-refractivity contribution in [3.63, 3.8) is 0 Å². The first-order valence-corrected chi connectivity index (χ1v) is 9.43. The lowest BCUT2D eigenvalue weighted by Crippen LogP contribution is -2.50. The fraction of sp³-hybridized carbons (Fsp3) is 0.632. The summed E-state index contributed by atoms with van der Waals surface area (Å²) in [5, 5.41) is 0. The Kier molecular flexibility index (Phi) is 2.61. The van der Waals surface area contributed by atoms with Crippen LogP contribution in [0.25, 0.3) is 0 Å². The van der Waals surface area contributed by atoms with Crippen molar-refractivity contribution in [2.45, 2.75) is 50.2 Å². The highest BCUT2D eigenvalue weighted by molar-refractivity contribution is 9.10. The van der Waals surface area contributed by atoms with Gasteiger partial charge in [0.15, 0.2) is 0 Å². The van der Waals surface area contributed by atoms with Gasteiger partial charge < -0.3 is 15.2 Å². The molecule has 5 rings (SSSR count). The van der Waals surface area contributed by atoms with E-state index in [2.05, 4.69) is 22.0 Å². The Hall–Kier alpha value is -1.07. The molecular formula is C19H23BrN2O2. The molecule has 1 aromatic carbocycles. The molecule has 24 heavy (non-hydrogen) atoms. The number of rotatable bonds is 1. The fourth-order valence-corrected chi connectivity index (χ4v) is 5.93. The number of halogens is 1. The summed E-state index contributed by atoms with van der Waals surface area (Å²) in [5.74, 6) is 0. The molecule has 1 aromatic rings. The van der Waals surface area contributed by atoms with E-state index in [1.54, 1.807) is 7.11 Å². The molecular weight excluding hydrogens is 368 g/mol. The zero-order valence-electron chi connectivity index (χ0n) is 15.8. The van der Waals surface area contributed by atoms with Gasteiger partial charge in [-0.25, -0.2) is 4.99 Å². The average molecular weight is 393 g/mol. The largest absolute Gasteiger partial charge is 0.462 e. The lowest BCUT2D eigenvalue weighted by atomic mass is 9.58. The highest BCUT2D eigenvalue weighted by Gasteiger charge is 2.67. The molecule has 2 fully saturated rings. The maximum atomic E-state index is 8.77. The number of benzene rings is 1. The Labute approximate surface area is 153 Å². The summed E-state index contributed by atoms with van der Waals surface area (Å²) in [7, 11) is 1.80. The van der Waals surface area contributed by atoms with Crippen LogP contribution in [-0.2, 0) is 21.4 Å². The summed E-state index contributed by atoms with van der Waals surface area (Å²) in [6, 6.07) is 6.09. The lowest BCUT2D eigenvalue weighted by Gasteiger charge is -2.49. The van der Waals surface area contributed by atoms with Gasteiger partial charge in [-0.2, -0.15) is 0 Å². The van der Waals surface area contributed by atoms with E-state index in [0.29, 0.717) is 0 Å². The lowest BCUT2D eigenvalue weighted by molar-refractivity contribution is -0.0622. The molecule has 0 aromatic heterocycles. The van der Waals surface area contributed by atoms with E-state index in [1.807, 2.05) is 12.1 Å². The molecule has 3 aliphatic carbocycles. The van der Waals surface area contributed by atoms with Gasteiger partial charge in [0.25, 0.3) is 6.02 Å². The van der Waals surface area contributed by atoms with Crippen LogP contribution in [0.2, 0.25) is 0 Å². The Morgan fingerprint density at radius 2 is 2.25 bits per heavy atom. The SMILES string of the molecule is [2H]C1([2H])OC(N)=NC12c1cc(Br)ccc1C[C@@]21CC[C@H](OC)C2(CC2)C1. The van der Waals surface area contributed by atoms with E-state index in [9.17, 15) is 0 Å². The quantitative estimate of drug-likeness (QED) is 0.795. The van der Waals surface area contributed by atoms with Crippen molar-refractivity contribution in [2.24, 2.45) is 21.6 Å². The number of hydrogen-bond donors (Lipinski definition) is 1. The van der Waals surface area contributed by atoms with Crippen molar-refractivity contribution < 1.29 is 12.2 Å². The number of nitrogens with two attached hydrogens (primary N) is 1. The second-order valence-electron chi connectivity index (χ2n) is 7.93. The normalized spacial score (nSPS) is 41.8. The molecule has 1 aliphatic heterocycles. The molecule has 4 nitrogen and oxygen atoms in total. The molecule has 0 saturated heterocycles. The number of ether oxygens (including phenoxy) is 2. The van der Waals surface area contributed by atoms with Gasteiger partial charge in [-0.05, 0) is 67.2 Å². The van der Waals surface area contributed by atoms with E-state index in [0.717, 1.165) is 54.1 Å². The van der Waals surface area contributed by atoms with Crippen molar-refractivity contribution in [3.8, 4) is 0 Å². The van der Waals surface area contributed by atoms with Crippen molar-refractivity contribution in [1.82, 2.24) is 0 Å². The van der Waals surface area contributed by atoms with Gasteiger partial charge in [0.2, 0.25) is 0 Å². The Bertz CT molecular complexity index is 826. The summed E-state index contributed by atoms with van der Waals surface area (Å²) < 4.78 is 29.7. The number of nitrogens with zero attached hydrogens (tertiary/aromatic N) is 1. The van der Waals surface area contributed by atoms with Gasteiger partial charge in [-0.15, -0.1) is 0 Å². The first-order chi connectivity index (χ1) is 12.3. The average Bonchev–Trinajstić information content (AvgIpc) is 3.20. The minimum absolute atomic E-state index is 0.0408. The van der Waals surface area contributed by atoms with Crippen molar-refractivity contribution in [1.29, 1.82) is 0 Å². The minimum Gasteiger partial charge on any atom is -0.462 e. The third-order valence-corrected chi connectivity index (χ3v) is 7.27. The topological polar surface area (TPSA) is 56.8 Å². The first kappa shape index (κ1) is 13.2. The number of fused-ring (bicyclic) bond motifs is 3. The molecule has 1 unspecified atom stereocenters. The fourth-order valence-electron chi connectivity index (χ4n) is 5.57. The van der Waals surface area contributed by atoms with Crippen LogP contribution in [-0.4, -0.2) is 25.8 Å². The van der Waals surface area contributed by atoms with Crippen LogP contribution in [0, 0.1) is 10.8 Å². The van der Waals surface area contributed by atoms with Crippen LogP contribution in [0.5, 0.6) is 0 Å². The number of hydrogen-bond acceptors (Lipinski definition) is 4. The maximum absolute atomic E-state index is 8.77. The summed E-state index contributed by atoms with van der Waals surface area (Å²) in [6.45, 7) is -1.96. The van der Waals surface area contributed by atoms with Crippen molar-refractivity contribution >= 4 is 22.0 Å². The summed E-state index contributed by atoms with van der Waals surface area (Å²) in [6.07, 6.45) is 6.06. The summed E-state index contributed by atoms with van der Waals surface area (Å²) >= 11 is 3.55. The third kappa shape index (κ3) is 1.80. The number of amidine groups is 1. The predicted molar refractivity (Wildman–Crippen MR) is 95.8 cm³/mol. The molecule has 3 spiro atoms. The zero-order chi connectivity index (χ0) is 18.4. The predicted octanol–water partition coefficient (Wildman–Crippen LogP) is 3.51. The summed E-state index contributed by atoms with van der Waals surface area (Å²) in [4.78, 5) is 4.71. The van der Waals surface area contributed by atoms with Crippen LogP contribution in [0.1, 0.15) is 46.0 Å². The molecule has 0 amide bonds. The summed E-state index contributed by atoms with van der Waals surface area (Å²) in [5.41, 5.74) is 6.76. The standard InChI is InChI=1S/C19H23BrN2O2/c1-23-15-4-5-18(10-17(15)6-7-17)9-12-2-3-13(20)8-14(12)19(18)11-24-16(21)22-19/h2-3,8,15H,4-7,9-11H2,1H3,(H2,21,22)/t15-,18+,19?/m0/s1/i11D2. The zero-order valence-corrected chi connectivity index (χ0v) is 15.4. The smallest absolute Gasteiger partial charge is 0.283 e. The van der Waals surface area contributed by atoms with Gasteiger partial charge in [-0.3, -0.25) is 0 Å². The van der Waals surface area contributed by atoms with Crippen LogP contribution < -0.4 is 5.73 Å². The minimum atomic E-state index is -1.96. The monoisotopic (exact) mass is 392 g/mol. The Morgan fingerprint density at radius 1 is 1.42 bits per heavy atom. The van der Waals surface area contributed by atoms with E-state index in [4.69, 9.17) is 22.9 Å². The molecule has 128 valence electrons. The highest BCUT2D eigenvalue weighted by Crippen LogP contribution is 2.70. The highest BCUT2D eigenvalue weighted by atomic mass is 79.9. The van der Waals surface area contributed by atoms with Crippen LogP contribution in [0.4, 0.5) is 0 Å². The molecule has 2 saturated carbocycles. The molecule has 3 atom stereocenters. The van der Waals surface area contributed by atoms with Crippen molar-refractivity contribution in [3.05, 3.63) is 33.8 Å². The second kappa shape index (κ2) is 4.76. The van der Waals surface area contributed by atoms with Crippen molar-refractivity contribution in [2.75, 3.05) is 13.7 Å². The number of aliphatic imine (C=N–C) groups is 1. The molecule has 2 N–H and O–H groups in total. The third-order valence-electron chi connectivity index (χ3n) is 6.77. The van der Waals surface area contributed by atoms with Crippen LogP contribution in [0.15, 0.2) is 27.7 Å². The van der Waals surface area contributed by atoms with E-state index in [-0.39, 0.29) is 23.0 Å². The first-order valence-electron chi connectivity index (χ1n) is 9.64. The molecule has 0 radical (unpaired) electrons. The van der Waals surface area contributed by atoms with Crippen LogP contribution in [0.3, 0.4) is 0 Å². The van der Waals surface area contributed by atoms with E-state index < -0.39 is 12.1 Å². The van der Waals surface area contributed by atoms with E-state index >= 15 is 0 Å². The van der Waals surface area contributed by atoms with Gasteiger partial charge in [0.05, 0.1) is 8.85 Å². The van der Waals surface area contributed by atoms with Crippen LogP contribution >= 0.6 is 15.9 Å². The Morgan fingerprint density at radius 3 is 2.92 bits per heavy atom. The van der Waals surface area contributed by atoms with Gasteiger partial charge in [0.1, 0.15) is 12.1 Å². The Balaban J connectivity index is 1.72. The molecule has 5 heteroatoms. The van der Waals surface area contributed by atoms with E-state index in [1.165, 1.54) is 0 Å². The maximum Gasteiger partial charge on any atom is 0.283 e. The van der Waals surface area contributed by atoms with Gasteiger partial charge in [-0.1, -0.05) is 22.0 Å². The second-order valence-corrected chi connectivity index (χ2v) is 8.84. The molecule has 1 heterocycles. The number of methoxy groups -OCH3 is 1. The van der Waals surface area contributed by atoms with Gasteiger partial charge in [0, 0.05) is 17.0 Å². The molecule has 0 bridgehead atoms. The molecule has 4 aliphatic rings. The van der Waals surface area contributed by atoms with Gasteiger partial charge >= 0.3 is 0 Å².